The lowest BCUT2D eigenvalue weighted by Crippen LogP contribution is -2.39. The fraction of sp³-hybridized carbons (Fsp3) is 0.400. The summed E-state index contributed by atoms with van der Waals surface area (Å²) in [6.07, 6.45) is 3.08. The van der Waals surface area contributed by atoms with Crippen LogP contribution in [0.25, 0.3) is 11.0 Å². The van der Waals surface area contributed by atoms with Crippen molar-refractivity contribution in [3.05, 3.63) is 54.1 Å². The van der Waals surface area contributed by atoms with Crippen LogP contribution in [0.1, 0.15) is 17.9 Å². The Labute approximate surface area is 155 Å². The van der Waals surface area contributed by atoms with Gasteiger partial charge in [0.25, 0.3) is 0 Å². The number of guanidine groups is 1. The van der Waals surface area contributed by atoms with Crippen LogP contribution in [0.15, 0.2) is 47.6 Å². The molecule has 6 nitrogen and oxygen atoms in total. The SMILES string of the molecule is CN=C(NCCCn1c(C)nc2ccccc21)N(C)Cc1cccn1C. The maximum absolute atomic E-state index is 4.63. The zero-order chi connectivity index (χ0) is 18.5. The number of benzene rings is 1. The van der Waals surface area contributed by atoms with Gasteiger partial charge >= 0.3 is 0 Å². The summed E-state index contributed by atoms with van der Waals surface area (Å²) in [5.41, 5.74) is 3.53. The molecule has 138 valence electrons. The van der Waals surface area contributed by atoms with Crippen LogP contribution in [-0.4, -0.2) is 45.6 Å². The lowest BCUT2D eigenvalue weighted by atomic mass is 10.3. The molecule has 0 bridgehead atoms. The average molecular weight is 352 g/mol. The van der Waals surface area contributed by atoms with Gasteiger partial charge in [0.05, 0.1) is 17.6 Å². The van der Waals surface area contributed by atoms with E-state index in [0.717, 1.165) is 43.4 Å². The van der Waals surface area contributed by atoms with Crippen LogP contribution in [0.4, 0.5) is 0 Å². The maximum atomic E-state index is 4.63. The van der Waals surface area contributed by atoms with Gasteiger partial charge in [-0.2, -0.15) is 0 Å². The molecule has 0 amide bonds. The summed E-state index contributed by atoms with van der Waals surface area (Å²) in [5, 5.41) is 3.46. The van der Waals surface area contributed by atoms with E-state index < -0.39 is 0 Å². The predicted molar refractivity (Wildman–Crippen MR) is 107 cm³/mol. The molecule has 1 N–H and O–H groups in total. The zero-order valence-corrected chi connectivity index (χ0v) is 16.1. The first-order chi connectivity index (χ1) is 12.6. The van der Waals surface area contributed by atoms with E-state index in [1.807, 2.05) is 13.1 Å². The molecule has 6 heteroatoms. The van der Waals surface area contributed by atoms with E-state index >= 15 is 0 Å². The van der Waals surface area contributed by atoms with E-state index in [2.05, 4.69) is 86.9 Å². The highest BCUT2D eigenvalue weighted by Crippen LogP contribution is 2.15. The molecule has 0 saturated heterocycles. The van der Waals surface area contributed by atoms with Crippen LogP contribution < -0.4 is 5.32 Å². The molecule has 2 heterocycles. The molecule has 0 aliphatic rings. The van der Waals surface area contributed by atoms with Crippen LogP contribution in [0, 0.1) is 6.92 Å². The number of aromatic nitrogens is 3. The van der Waals surface area contributed by atoms with Crippen molar-refractivity contribution in [1.82, 2.24) is 24.3 Å². The van der Waals surface area contributed by atoms with Crippen molar-refractivity contribution in [1.29, 1.82) is 0 Å². The predicted octanol–water partition coefficient (Wildman–Crippen LogP) is 2.78. The molecule has 26 heavy (non-hydrogen) atoms. The molecule has 0 aliphatic carbocycles. The van der Waals surface area contributed by atoms with Crippen molar-refractivity contribution >= 4 is 17.0 Å². The second-order valence-electron chi connectivity index (χ2n) is 6.59. The Morgan fingerprint density at radius 2 is 2.04 bits per heavy atom. The molecule has 0 atom stereocenters. The largest absolute Gasteiger partial charge is 0.356 e. The Morgan fingerprint density at radius 1 is 1.23 bits per heavy atom. The Morgan fingerprint density at radius 3 is 2.77 bits per heavy atom. The summed E-state index contributed by atoms with van der Waals surface area (Å²) in [4.78, 5) is 11.2. The van der Waals surface area contributed by atoms with Crippen LogP contribution in [0.3, 0.4) is 0 Å². The fourth-order valence-electron chi connectivity index (χ4n) is 3.28. The molecule has 1 aromatic carbocycles. The minimum absolute atomic E-state index is 0.828. The number of aryl methyl sites for hydroxylation is 3. The molecule has 2 aromatic heterocycles. The van der Waals surface area contributed by atoms with E-state index in [0.29, 0.717) is 0 Å². The van der Waals surface area contributed by atoms with Crippen molar-refractivity contribution in [3.8, 4) is 0 Å². The minimum atomic E-state index is 0.828. The van der Waals surface area contributed by atoms with Crippen molar-refractivity contribution in [2.24, 2.45) is 12.0 Å². The zero-order valence-electron chi connectivity index (χ0n) is 16.1. The Balaban J connectivity index is 1.53. The van der Waals surface area contributed by atoms with Crippen molar-refractivity contribution in [3.63, 3.8) is 0 Å². The average Bonchev–Trinajstić information content (AvgIpc) is 3.17. The first-order valence-electron chi connectivity index (χ1n) is 9.04. The van der Waals surface area contributed by atoms with Crippen LogP contribution in [-0.2, 0) is 20.1 Å². The summed E-state index contributed by atoms with van der Waals surface area (Å²) in [5.74, 6) is 1.98. The van der Waals surface area contributed by atoms with Crippen molar-refractivity contribution in [2.45, 2.75) is 26.4 Å². The Kier molecular flexibility index (Phi) is 5.61. The van der Waals surface area contributed by atoms with E-state index in [-0.39, 0.29) is 0 Å². The van der Waals surface area contributed by atoms with Gasteiger partial charge in [0, 0.05) is 46.1 Å². The summed E-state index contributed by atoms with van der Waals surface area (Å²) in [6, 6.07) is 12.5. The van der Waals surface area contributed by atoms with Gasteiger partial charge in [0.2, 0.25) is 0 Å². The number of nitrogens with one attached hydrogen (secondary N) is 1. The lowest BCUT2D eigenvalue weighted by Gasteiger charge is -2.22. The van der Waals surface area contributed by atoms with Gasteiger partial charge in [0.15, 0.2) is 5.96 Å². The van der Waals surface area contributed by atoms with Gasteiger partial charge in [-0.1, -0.05) is 12.1 Å². The lowest BCUT2D eigenvalue weighted by molar-refractivity contribution is 0.459. The molecule has 0 fully saturated rings. The summed E-state index contributed by atoms with van der Waals surface area (Å²) in [6.45, 7) is 4.71. The van der Waals surface area contributed by atoms with E-state index in [1.54, 1.807) is 0 Å². The first kappa shape index (κ1) is 18.0. The molecule has 0 saturated carbocycles. The molecular formula is C20H28N6. The van der Waals surface area contributed by atoms with E-state index in [4.69, 9.17) is 0 Å². The third-order valence-corrected chi connectivity index (χ3v) is 4.71. The smallest absolute Gasteiger partial charge is 0.193 e. The number of hydrogen-bond donors (Lipinski definition) is 1. The van der Waals surface area contributed by atoms with Crippen LogP contribution in [0.5, 0.6) is 0 Å². The van der Waals surface area contributed by atoms with Gasteiger partial charge in [-0.3, -0.25) is 4.99 Å². The minimum Gasteiger partial charge on any atom is -0.356 e. The molecule has 0 unspecified atom stereocenters. The number of para-hydroxylation sites is 2. The van der Waals surface area contributed by atoms with Crippen LogP contribution >= 0.6 is 0 Å². The van der Waals surface area contributed by atoms with Crippen molar-refractivity contribution < 1.29 is 0 Å². The Bertz CT molecular complexity index is 889. The van der Waals surface area contributed by atoms with Crippen LogP contribution in [0.2, 0.25) is 0 Å². The quantitative estimate of drug-likeness (QED) is 0.422. The highest BCUT2D eigenvalue weighted by atomic mass is 15.3. The molecular weight excluding hydrogens is 324 g/mol. The highest BCUT2D eigenvalue weighted by Gasteiger charge is 2.09. The normalized spacial score (nSPS) is 11.9. The number of nitrogens with zero attached hydrogens (tertiary/aromatic N) is 5. The molecule has 0 radical (unpaired) electrons. The highest BCUT2D eigenvalue weighted by molar-refractivity contribution is 5.79. The molecule has 0 spiro atoms. The summed E-state index contributed by atoms with van der Waals surface area (Å²) in [7, 11) is 5.96. The second-order valence-corrected chi connectivity index (χ2v) is 6.59. The topological polar surface area (TPSA) is 50.4 Å². The Hall–Kier alpha value is -2.76. The fourth-order valence-corrected chi connectivity index (χ4v) is 3.28. The maximum Gasteiger partial charge on any atom is 0.193 e. The number of aliphatic imine (C=N–C) groups is 1. The molecule has 3 rings (SSSR count). The molecule has 0 aliphatic heterocycles. The van der Waals surface area contributed by atoms with Gasteiger partial charge in [0.1, 0.15) is 5.82 Å². The van der Waals surface area contributed by atoms with Crippen molar-refractivity contribution in [2.75, 3.05) is 20.6 Å². The summed E-state index contributed by atoms with van der Waals surface area (Å²) >= 11 is 0. The second kappa shape index (κ2) is 8.08. The standard InChI is InChI=1S/C20H28N6/c1-16-23-18-10-5-6-11-19(18)26(16)14-8-12-22-20(21-2)25(4)15-17-9-7-13-24(17)3/h5-7,9-11,13H,8,12,14-15H2,1-4H3,(H,21,22). The number of fused-ring (bicyclic) bond motifs is 1. The first-order valence-corrected chi connectivity index (χ1v) is 9.04. The van der Waals surface area contributed by atoms with Gasteiger partial charge < -0.3 is 19.4 Å². The van der Waals surface area contributed by atoms with Gasteiger partial charge in [-0.25, -0.2) is 4.98 Å². The number of imidazole rings is 1. The van der Waals surface area contributed by atoms with E-state index in [1.165, 1.54) is 11.2 Å². The number of hydrogen-bond acceptors (Lipinski definition) is 2. The van der Waals surface area contributed by atoms with Gasteiger partial charge in [-0.05, 0) is 37.6 Å². The third-order valence-electron chi connectivity index (χ3n) is 4.71. The number of rotatable bonds is 6. The third kappa shape index (κ3) is 3.90. The van der Waals surface area contributed by atoms with Gasteiger partial charge in [-0.15, -0.1) is 0 Å². The van der Waals surface area contributed by atoms with E-state index in [9.17, 15) is 0 Å². The molecule has 3 aromatic rings. The monoisotopic (exact) mass is 352 g/mol. The summed E-state index contributed by atoms with van der Waals surface area (Å²) < 4.78 is 4.42.